The second kappa shape index (κ2) is 5.68. The summed E-state index contributed by atoms with van der Waals surface area (Å²) in [6.45, 7) is 4.09. The van der Waals surface area contributed by atoms with Crippen molar-refractivity contribution in [3.05, 3.63) is 41.9 Å². The molecule has 1 atom stereocenters. The van der Waals surface area contributed by atoms with E-state index in [1.807, 2.05) is 12.1 Å². The predicted octanol–water partition coefficient (Wildman–Crippen LogP) is 2.62. The average molecular weight is 212 g/mol. The van der Waals surface area contributed by atoms with Crippen LogP contribution in [0.2, 0.25) is 5.02 Å². The Labute approximate surface area is 89.3 Å². The highest BCUT2D eigenvalue weighted by Gasteiger charge is 2.01. The van der Waals surface area contributed by atoms with E-state index in [0.717, 1.165) is 12.2 Å². The zero-order valence-electron chi connectivity index (χ0n) is 7.95. The third kappa shape index (κ3) is 3.81. The summed E-state index contributed by atoms with van der Waals surface area (Å²) in [5.41, 5.74) is 5.74. The van der Waals surface area contributed by atoms with Crippen LogP contribution >= 0.6 is 11.6 Å². The van der Waals surface area contributed by atoms with Crippen LogP contribution < -0.4 is 10.5 Å². The number of hydrogen-bond acceptors (Lipinski definition) is 2. The van der Waals surface area contributed by atoms with Gasteiger partial charge in [-0.25, -0.2) is 0 Å². The van der Waals surface area contributed by atoms with Crippen LogP contribution in [0.25, 0.3) is 0 Å². The van der Waals surface area contributed by atoms with Crippen molar-refractivity contribution in [3.63, 3.8) is 0 Å². The Morgan fingerprint density at radius 3 is 3.00 bits per heavy atom. The summed E-state index contributed by atoms with van der Waals surface area (Å²) in [6, 6.07) is 7.26. The van der Waals surface area contributed by atoms with Crippen molar-refractivity contribution in [1.82, 2.24) is 0 Å². The molecule has 0 aliphatic rings. The molecule has 0 aliphatic heterocycles. The molecule has 76 valence electrons. The number of nitrogens with two attached hydrogens (primary N) is 1. The molecular formula is C11H14ClNO. The summed E-state index contributed by atoms with van der Waals surface area (Å²) in [5, 5.41) is 0.666. The predicted molar refractivity (Wildman–Crippen MR) is 59.7 cm³/mol. The van der Waals surface area contributed by atoms with Gasteiger partial charge >= 0.3 is 0 Å². The lowest BCUT2D eigenvalue weighted by molar-refractivity contribution is 0.289. The molecule has 0 amide bonds. The van der Waals surface area contributed by atoms with Crippen LogP contribution in [-0.2, 0) is 0 Å². The molecule has 0 fully saturated rings. The molecule has 1 aromatic carbocycles. The second-order valence-electron chi connectivity index (χ2n) is 3.05. The van der Waals surface area contributed by atoms with E-state index in [1.54, 1.807) is 18.2 Å². The highest BCUT2D eigenvalue weighted by molar-refractivity contribution is 6.30. The third-order valence-corrected chi connectivity index (χ3v) is 1.96. The first-order valence-electron chi connectivity index (χ1n) is 4.47. The van der Waals surface area contributed by atoms with Crippen LogP contribution in [0.3, 0.4) is 0 Å². The summed E-state index contributed by atoms with van der Waals surface area (Å²) in [6.07, 6.45) is 2.53. The molecular weight excluding hydrogens is 198 g/mol. The van der Waals surface area contributed by atoms with Gasteiger partial charge in [-0.15, -0.1) is 6.58 Å². The number of rotatable bonds is 5. The topological polar surface area (TPSA) is 35.2 Å². The monoisotopic (exact) mass is 211 g/mol. The Morgan fingerprint density at radius 2 is 2.36 bits per heavy atom. The van der Waals surface area contributed by atoms with E-state index in [1.165, 1.54) is 0 Å². The first-order valence-corrected chi connectivity index (χ1v) is 4.85. The van der Waals surface area contributed by atoms with Gasteiger partial charge in [0.2, 0.25) is 0 Å². The van der Waals surface area contributed by atoms with Crippen molar-refractivity contribution in [1.29, 1.82) is 0 Å². The molecule has 0 saturated heterocycles. The zero-order chi connectivity index (χ0) is 10.4. The molecule has 3 heteroatoms. The van der Waals surface area contributed by atoms with Crippen LogP contribution in [0.5, 0.6) is 5.75 Å². The molecule has 0 bridgehead atoms. The Morgan fingerprint density at radius 1 is 1.57 bits per heavy atom. The van der Waals surface area contributed by atoms with E-state index in [4.69, 9.17) is 22.1 Å². The lowest BCUT2D eigenvalue weighted by Crippen LogP contribution is -2.26. The average Bonchev–Trinajstić information content (AvgIpc) is 2.15. The molecule has 2 nitrogen and oxygen atoms in total. The SMILES string of the molecule is C=CCC(N)COc1cccc(Cl)c1. The van der Waals surface area contributed by atoms with Crippen molar-refractivity contribution in [2.75, 3.05) is 6.61 Å². The third-order valence-electron chi connectivity index (χ3n) is 1.73. The van der Waals surface area contributed by atoms with Crippen molar-refractivity contribution < 1.29 is 4.74 Å². The van der Waals surface area contributed by atoms with E-state index in [-0.39, 0.29) is 6.04 Å². The lowest BCUT2D eigenvalue weighted by atomic mass is 10.2. The molecule has 0 radical (unpaired) electrons. The molecule has 1 aromatic rings. The van der Waals surface area contributed by atoms with Crippen molar-refractivity contribution >= 4 is 11.6 Å². The quantitative estimate of drug-likeness (QED) is 0.760. The first-order chi connectivity index (χ1) is 6.72. The van der Waals surface area contributed by atoms with Crippen LogP contribution in [0, 0.1) is 0 Å². The molecule has 0 saturated carbocycles. The summed E-state index contributed by atoms with van der Waals surface area (Å²) in [5.74, 6) is 0.747. The fourth-order valence-corrected chi connectivity index (χ4v) is 1.22. The highest BCUT2D eigenvalue weighted by Crippen LogP contribution is 2.17. The molecule has 14 heavy (non-hydrogen) atoms. The molecule has 0 heterocycles. The fourth-order valence-electron chi connectivity index (χ4n) is 1.04. The van der Waals surface area contributed by atoms with E-state index >= 15 is 0 Å². The minimum Gasteiger partial charge on any atom is -0.492 e. The van der Waals surface area contributed by atoms with E-state index < -0.39 is 0 Å². The van der Waals surface area contributed by atoms with Crippen LogP contribution in [-0.4, -0.2) is 12.6 Å². The normalized spacial score (nSPS) is 12.1. The highest BCUT2D eigenvalue weighted by atomic mass is 35.5. The Balaban J connectivity index is 2.41. The van der Waals surface area contributed by atoms with Gasteiger partial charge in [0.25, 0.3) is 0 Å². The van der Waals surface area contributed by atoms with Crippen molar-refractivity contribution in [3.8, 4) is 5.75 Å². The zero-order valence-corrected chi connectivity index (χ0v) is 8.70. The van der Waals surface area contributed by atoms with Gasteiger partial charge in [-0.2, -0.15) is 0 Å². The lowest BCUT2D eigenvalue weighted by Gasteiger charge is -2.11. The number of benzene rings is 1. The largest absolute Gasteiger partial charge is 0.492 e. The van der Waals surface area contributed by atoms with Crippen LogP contribution in [0.4, 0.5) is 0 Å². The van der Waals surface area contributed by atoms with E-state index in [2.05, 4.69) is 6.58 Å². The van der Waals surface area contributed by atoms with Gasteiger partial charge in [0.1, 0.15) is 12.4 Å². The summed E-state index contributed by atoms with van der Waals surface area (Å²) >= 11 is 5.79. The minimum atomic E-state index is -0.00789. The molecule has 0 aliphatic carbocycles. The standard InChI is InChI=1S/C11H14ClNO/c1-2-4-10(13)8-14-11-6-3-5-9(12)7-11/h2-3,5-7,10H,1,4,8,13H2. The fraction of sp³-hybridized carbons (Fsp3) is 0.273. The molecule has 1 rings (SSSR count). The van der Waals surface area contributed by atoms with Gasteiger partial charge in [0.15, 0.2) is 0 Å². The number of hydrogen-bond donors (Lipinski definition) is 1. The molecule has 2 N–H and O–H groups in total. The first kappa shape index (κ1) is 11.1. The summed E-state index contributed by atoms with van der Waals surface area (Å²) < 4.78 is 5.44. The van der Waals surface area contributed by atoms with Crippen LogP contribution in [0.15, 0.2) is 36.9 Å². The van der Waals surface area contributed by atoms with Crippen molar-refractivity contribution in [2.24, 2.45) is 5.73 Å². The van der Waals surface area contributed by atoms with Crippen molar-refractivity contribution in [2.45, 2.75) is 12.5 Å². The smallest absolute Gasteiger partial charge is 0.120 e. The van der Waals surface area contributed by atoms with Gasteiger partial charge in [0, 0.05) is 11.1 Å². The van der Waals surface area contributed by atoms with E-state index in [9.17, 15) is 0 Å². The summed E-state index contributed by atoms with van der Waals surface area (Å²) in [7, 11) is 0. The summed E-state index contributed by atoms with van der Waals surface area (Å²) in [4.78, 5) is 0. The van der Waals surface area contributed by atoms with Gasteiger partial charge in [-0.05, 0) is 24.6 Å². The number of halogens is 1. The maximum Gasteiger partial charge on any atom is 0.120 e. The van der Waals surface area contributed by atoms with Gasteiger partial charge < -0.3 is 10.5 Å². The van der Waals surface area contributed by atoms with Gasteiger partial charge in [0.05, 0.1) is 0 Å². The molecule has 0 aromatic heterocycles. The second-order valence-corrected chi connectivity index (χ2v) is 3.49. The Kier molecular flexibility index (Phi) is 4.50. The van der Waals surface area contributed by atoms with E-state index in [0.29, 0.717) is 11.6 Å². The maximum absolute atomic E-state index is 5.79. The Hall–Kier alpha value is -0.990. The molecule has 1 unspecified atom stereocenters. The minimum absolute atomic E-state index is 0.00789. The van der Waals surface area contributed by atoms with Crippen LogP contribution in [0.1, 0.15) is 6.42 Å². The number of ether oxygens (including phenoxy) is 1. The maximum atomic E-state index is 5.79. The van der Waals surface area contributed by atoms with Gasteiger partial charge in [-0.3, -0.25) is 0 Å². The Bertz CT molecular complexity index is 301. The molecule has 0 spiro atoms. The van der Waals surface area contributed by atoms with Gasteiger partial charge in [-0.1, -0.05) is 23.7 Å².